The fourth-order valence-electron chi connectivity index (χ4n) is 1.63. The summed E-state index contributed by atoms with van der Waals surface area (Å²) in [6.45, 7) is 0. The Morgan fingerprint density at radius 3 is 2.27 bits per heavy atom. The minimum absolute atomic E-state index is 0.0845. The van der Waals surface area contributed by atoms with E-state index in [-0.39, 0.29) is 5.91 Å². The average molecular weight is 205 g/mol. The van der Waals surface area contributed by atoms with Crippen LogP contribution >= 0.6 is 0 Å². The van der Waals surface area contributed by atoms with Gasteiger partial charge in [0.15, 0.2) is 0 Å². The van der Waals surface area contributed by atoms with Crippen LogP contribution in [0.5, 0.6) is 0 Å². The lowest BCUT2D eigenvalue weighted by Gasteiger charge is -2.26. The van der Waals surface area contributed by atoms with Crippen LogP contribution < -0.4 is 16.8 Å². The van der Waals surface area contributed by atoms with Crippen LogP contribution in [0, 0.1) is 0 Å². The SMILES string of the molecule is Nc1cc(N)cc(C(=O)NC2CCC2)c1. The molecule has 0 saturated heterocycles. The highest BCUT2D eigenvalue weighted by Gasteiger charge is 2.20. The molecule has 0 atom stereocenters. The van der Waals surface area contributed by atoms with Crippen LogP contribution in [-0.4, -0.2) is 11.9 Å². The molecule has 15 heavy (non-hydrogen) atoms. The molecular formula is C11H15N3O. The predicted molar refractivity (Wildman–Crippen MR) is 60.4 cm³/mol. The molecule has 1 aliphatic carbocycles. The monoisotopic (exact) mass is 205 g/mol. The fraction of sp³-hybridized carbons (Fsp3) is 0.364. The molecule has 80 valence electrons. The third-order valence-electron chi connectivity index (χ3n) is 2.68. The molecule has 2 rings (SSSR count). The Morgan fingerprint density at radius 1 is 1.20 bits per heavy atom. The molecule has 1 aromatic carbocycles. The molecule has 1 fully saturated rings. The van der Waals surface area contributed by atoms with Gasteiger partial charge in [-0.3, -0.25) is 4.79 Å². The van der Waals surface area contributed by atoms with Crippen molar-refractivity contribution in [1.82, 2.24) is 5.32 Å². The molecule has 1 aromatic rings. The smallest absolute Gasteiger partial charge is 0.251 e. The van der Waals surface area contributed by atoms with Crippen LogP contribution in [0.3, 0.4) is 0 Å². The van der Waals surface area contributed by atoms with Gasteiger partial charge in [0.25, 0.3) is 5.91 Å². The van der Waals surface area contributed by atoms with Crippen molar-refractivity contribution in [2.75, 3.05) is 11.5 Å². The lowest BCUT2D eigenvalue weighted by atomic mass is 9.93. The zero-order valence-electron chi connectivity index (χ0n) is 8.49. The number of amides is 1. The maximum atomic E-state index is 11.7. The molecule has 0 radical (unpaired) electrons. The van der Waals surface area contributed by atoms with E-state index in [1.165, 1.54) is 6.42 Å². The summed E-state index contributed by atoms with van der Waals surface area (Å²) in [5, 5.41) is 2.94. The first-order valence-corrected chi connectivity index (χ1v) is 5.12. The van der Waals surface area contributed by atoms with Gasteiger partial charge in [-0.05, 0) is 37.5 Å². The molecule has 1 aliphatic rings. The van der Waals surface area contributed by atoms with Gasteiger partial charge in [-0.25, -0.2) is 0 Å². The first-order valence-electron chi connectivity index (χ1n) is 5.12. The van der Waals surface area contributed by atoms with E-state index in [1.807, 2.05) is 0 Å². The summed E-state index contributed by atoms with van der Waals surface area (Å²) in [7, 11) is 0. The van der Waals surface area contributed by atoms with Gasteiger partial charge in [0.1, 0.15) is 0 Å². The summed E-state index contributed by atoms with van der Waals surface area (Å²) in [5.74, 6) is -0.0845. The highest BCUT2D eigenvalue weighted by atomic mass is 16.1. The first kappa shape index (κ1) is 9.83. The number of nitrogens with two attached hydrogens (primary N) is 2. The van der Waals surface area contributed by atoms with Crippen LogP contribution in [0.25, 0.3) is 0 Å². The summed E-state index contributed by atoms with van der Waals surface area (Å²) >= 11 is 0. The van der Waals surface area contributed by atoms with Gasteiger partial charge in [0.05, 0.1) is 0 Å². The van der Waals surface area contributed by atoms with Crippen molar-refractivity contribution in [1.29, 1.82) is 0 Å². The Balaban J connectivity index is 2.10. The van der Waals surface area contributed by atoms with Crippen molar-refractivity contribution >= 4 is 17.3 Å². The quantitative estimate of drug-likeness (QED) is 0.633. The van der Waals surface area contributed by atoms with Gasteiger partial charge in [-0.1, -0.05) is 0 Å². The highest BCUT2D eigenvalue weighted by molar-refractivity contribution is 5.96. The number of hydrogen-bond acceptors (Lipinski definition) is 3. The van der Waals surface area contributed by atoms with Gasteiger partial charge >= 0.3 is 0 Å². The number of carbonyl (C=O) groups excluding carboxylic acids is 1. The topological polar surface area (TPSA) is 81.1 Å². The Labute approximate surface area is 88.6 Å². The molecule has 4 nitrogen and oxygen atoms in total. The molecule has 1 amide bonds. The number of anilines is 2. The van der Waals surface area contributed by atoms with Crippen LogP contribution in [0.2, 0.25) is 0 Å². The zero-order chi connectivity index (χ0) is 10.8. The van der Waals surface area contributed by atoms with Crippen LogP contribution in [0.4, 0.5) is 11.4 Å². The lowest BCUT2D eigenvalue weighted by molar-refractivity contribution is 0.0917. The van der Waals surface area contributed by atoms with Gasteiger partial charge in [0.2, 0.25) is 0 Å². The normalized spacial score (nSPS) is 15.7. The van der Waals surface area contributed by atoms with Crippen LogP contribution in [0.15, 0.2) is 18.2 Å². The molecule has 0 aromatic heterocycles. The summed E-state index contributed by atoms with van der Waals surface area (Å²) in [4.78, 5) is 11.7. The van der Waals surface area contributed by atoms with Gasteiger partial charge < -0.3 is 16.8 Å². The molecule has 0 heterocycles. The molecule has 0 spiro atoms. The number of hydrogen-bond donors (Lipinski definition) is 3. The van der Waals surface area contributed by atoms with Gasteiger partial charge in [-0.15, -0.1) is 0 Å². The van der Waals surface area contributed by atoms with E-state index < -0.39 is 0 Å². The van der Waals surface area contributed by atoms with Crippen molar-refractivity contribution in [3.8, 4) is 0 Å². The van der Waals surface area contributed by atoms with E-state index in [4.69, 9.17) is 11.5 Å². The molecule has 5 N–H and O–H groups in total. The second-order valence-corrected chi connectivity index (χ2v) is 3.99. The minimum Gasteiger partial charge on any atom is -0.399 e. The van der Waals surface area contributed by atoms with Crippen molar-refractivity contribution in [2.45, 2.75) is 25.3 Å². The van der Waals surface area contributed by atoms with E-state index in [9.17, 15) is 4.79 Å². The Hall–Kier alpha value is -1.71. The van der Waals surface area contributed by atoms with E-state index in [2.05, 4.69) is 5.32 Å². The molecular weight excluding hydrogens is 190 g/mol. The number of nitrogens with one attached hydrogen (secondary N) is 1. The summed E-state index contributed by atoms with van der Waals surface area (Å²) in [6.07, 6.45) is 3.34. The second-order valence-electron chi connectivity index (χ2n) is 3.99. The fourth-order valence-corrected chi connectivity index (χ4v) is 1.63. The van der Waals surface area contributed by atoms with Crippen molar-refractivity contribution < 1.29 is 4.79 Å². The maximum absolute atomic E-state index is 11.7. The molecule has 0 aliphatic heterocycles. The third-order valence-corrected chi connectivity index (χ3v) is 2.68. The Bertz CT molecular complexity index is 365. The number of benzene rings is 1. The van der Waals surface area contributed by atoms with Gasteiger partial charge in [0, 0.05) is 23.0 Å². The number of carbonyl (C=O) groups is 1. The van der Waals surface area contributed by atoms with E-state index in [0.717, 1.165) is 12.8 Å². The van der Waals surface area contributed by atoms with Crippen LogP contribution in [0.1, 0.15) is 29.6 Å². The van der Waals surface area contributed by atoms with E-state index >= 15 is 0 Å². The molecule has 1 saturated carbocycles. The summed E-state index contributed by atoms with van der Waals surface area (Å²) in [6, 6.07) is 5.26. The standard InChI is InChI=1S/C11H15N3O/c12-8-4-7(5-9(13)6-8)11(15)14-10-2-1-3-10/h4-6,10H,1-3,12-13H2,(H,14,15). The predicted octanol–water partition coefficient (Wildman–Crippen LogP) is 1.13. The van der Waals surface area contributed by atoms with Crippen LogP contribution in [-0.2, 0) is 0 Å². The second kappa shape index (κ2) is 3.81. The van der Waals surface area contributed by atoms with Crippen molar-refractivity contribution in [3.05, 3.63) is 23.8 Å². The number of rotatable bonds is 2. The lowest BCUT2D eigenvalue weighted by Crippen LogP contribution is -2.39. The molecule has 0 bridgehead atoms. The Kier molecular flexibility index (Phi) is 2.49. The minimum atomic E-state index is -0.0845. The molecule has 4 heteroatoms. The summed E-state index contributed by atoms with van der Waals surface area (Å²) < 4.78 is 0. The van der Waals surface area contributed by atoms with Crippen molar-refractivity contribution in [3.63, 3.8) is 0 Å². The number of nitrogen functional groups attached to an aromatic ring is 2. The first-order chi connectivity index (χ1) is 7.15. The largest absolute Gasteiger partial charge is 0.399 e. The molecule has 0 unspecified atom stereocenters. The van der Waals surface area contributed by atoms with E-state index in [0.29, 0.717) is 23.0 Å². The zero-order valence-corrected chi connectivity index (χ0v) is 8.49. The maximum Gasteiger partial charge on any atom is 0.251 e. The highest BCUT2D eigenvalue weighted by Crippen LogP contribution is 2.19. The summed E-state index contributed by atoms with van der Waals surface area (Å²) in [5.41, 5.74) is 12.8. The van der Waals surface area contributed by atoms with E-state index in [1.54, 1.807) is 18.2 Å². The average Bonchev–Trinajstić information content (AvgIpc) is 2.09. The Morgan fingerprint density at radius 2 is 1.80 bits per heavy atom. The van der Waals surface area contributed by atoms with Crippen molar-refractivity contribution in [2.24, 2.45) is 0 Å². The van der Waals surface area contributed by atoms with Gasteiger partial charge in [-0.2, -0.15) is 0 Å². The third kappa shape index (κ3) is 2.21.